The minimum Gasteiger partial charge on any atom is -0.444 e. The average molecular weight is 297 g/mol. The second kappa shape index (κ2) is 7.27. The van der Waals surface area contributed by atoms with Gasteiger partial charge in [0.25, 0.3) is 0 Å². The van der Waals surface area contributed by atoms with E-state index in [4.69, 9.17) is 15.1 Å². The Balaban J connectivity index is 2.67. The van der Waals surface area contributed by atoms with E-state index < -0.39 is 17.7 Å². The lowest BCUT2D eigenvalue weighted by Crippen LogP contribution is -2.46. The number of nitrogens with zero attached hydrogens (tertiary/aromatic N) is 3. The van der Waals surface area contributed by atoms with Crippen LogP contribution in [-0.2, 0) is 9.53 Å². The van der Waals surface area contributed by atoms with Crippen LogP contribution < -0.4 is 0 Å². The van der Waals surface area contributed by atoms with Crippen molar-refractivity contribution in [2.24, 2.45) is 0 Å². The van der Waals surface area contributed by atoms with Crippen LogP contribution in [0, 0.1) is 11.3 Å². The quantitative estimate of drug-likeness (QED) is 0.825. The zero-order chi connectivity index (χ0) is 16.0. The predicted octanol–water partition coefficient (Wildman–Crippen LogP) is 0.730. The molecule has 0 aliphatic carbocycles. The smallest absolute Gasteiger partial charge is 0.410 e. The van der Waals surface area contributed by atoms with Gasteiger partial charge in [0.05, 0.1) is 12.7 Å². The summed E-state index contributed by atoms with van der Waals surface area (Å²) < 4.78 is 5.21. The Morgan fingerprint density at radius 2 is 2.14 bits per heavy atom. The van der Waals surface area contributed by atoms with Crippen LogP contribution in [0.4, 0.5) is 4.79 Å². The molecule has 1 N–H and O–H groups in total. The molecule has 21 heavy (non-hydrogen) atoms. The maximum Gasteiger partial charge on any atom is 0.410 e. The second-order valence-corrected chi connectivity index (χ2v) is 6.00. The molecule has 1 saturated heterocycles. The van der Waals surface area contributed by atoms with Crippen molar-refractivity contribution in [3.8, 4) is 6.07 Å². The van der Waals surface area contributed by atoms with E-state index in [2.05, 4.69) is 6.07 Å². The molecule has 1 heterocycles. The third kappa shape index (κ3) is 5.23. The number of carbonyl (C=O) groups excluding carboxylic acids is 2. The SMILES string of the molecule is CC(C)(C)OC(=O)N(CCO)CC(=O)N1CCCC1C#N. The summed E-state index contributed by atoms with van der Waals surface area (Å²) in [5.74, 6) is -0.293. The van der Waals surface area contributed by atoms with E-state index in [0.717, 1.165) is 6.42 Å². The van der Waals surface area contributed by atoms with Gasteiger partial charge in [-0.25, -0.2) is 4.79 Å². The molecule has 1 aliphatic rings. The van der Waals surface area contributed by atoms with E-state index in [9.17, 15) is 9.59 Å². The Morgan fingerprint density at radius 1 is 1.48 bits per heavy atom. The molecule has 118 valence electrons. The molecule has 7 heteroatoms. The highest BCUT2D eigenvalue weighted by Crippen LogP contribution is 2.17. The summed E-state index contributed by atoms with van der Waals surface area (Å²) in [6, 6.07) is 1.66. The number of ether oxygens (including phenoxy) is 1. The number of aliphatic hydroxyl groups excluding tert-OH is 1. The van der Waals surface area contributed by atoms with E-state index in [1.165, 1.54) is 9.80 Å². The van der Waals surface area contributed by atoms with Crippen LogP contribution in [0.5, 0.6) is 0 Å². The van der Waals surface area contributed by atoms with Crippen LogP contribution in [0.15, 0.2) is 0 Å². The lowest BCUT2D eigenvalue weighted by molar-refractivity contribution is -0.132. The zero-order valence-corrected chi connectivity index (χ0v) is 12.8. The van der Waals surface area contributed by atoms with Crippen LogP contribution in [0.2, 0.25) is 0 Å². The monoisotopic (exact) mass is 297 g/mol. The fourth-order valence-electron chi connectivity index (χ4n) is 2.14. The van der Waals surface area contributed by atoms with Gasteiger partial charge in [-0.3, -0.25) is 9.69 Å². The largest absolute Gasteiger partial charge is 0.444 e. The number of nitriles is 1. The summed E-state index contributed by atoms with van der Waals surface area (Å²) in [6.45, 7) is 5.30. The van der Waals surface area contributed by atoms with E-state index in [1.54, 1.807) is 20.8 Å². The fraction of sp³-hybridized carbons (Fsp3) is 0.786. The molecular weight excluding hydrogens is 274 g/mol. The van der Waals surface area contributed by atoms with Crippen LogP contribution in [0.3, 0.4) is 0 Å². The molecule has 1 unspecified atom stereocenters. The van der Waals surface area contributed by atoms with Gasteiger partial charge >= 0.3 is 6.09 Å². The molecule has 0 radical (unpaired) electrons. The third-order valence-corrected chi connectivity index (χ3v) is 3.07. The molecule has 0 aromatic carbocycles. The van der Waals surface area contributed by atoms with Crippen LogP contribution in [0.25, 0.3) is 0 Å². The minimum absolute atomic E-state index is 0.0196. The number of amides is 2. The van der Waals surface area contributed by atoms with Gasteiger partial charge in [-0.15, -0.1) is 0 Å². The molecule has 1 aliphatic heterocycles. The third-order valence-electron chi connectivity index (χ3n) is 3.07. The highest BCUT2D eigenvalue weighted by atomic mass is 16.6. The molecular formula is C14H23N3O4. The molecule has 0 bridgehead atoms. The van der Waals surface area contributed by atoms with Crippen LogP contribution in [0.1, 0.15) is 33.6 Å². The van der Waals surface area contributed by atoms with Crippen molar-refractivity contribution in [2.45, 2.75) is 45.3 Å². The highest BCUT2D eigenvalue weighted by Gasteiger charge is 2.31. The minimum atomic E-state index is -0.670. The maximum atomic E-state index is 12.2. The first-order valence-electron chi connectivity index (χ1n) is 7.06. The van der Waals surface area contributed by atoms with E-state index in [1.807, 2.05) is 0 Å². The van der Waals surface area contributed by atoms with Gasteiger partial charge < -0.3 is 14.7 Å². The van der Waals surface area contributed by atoms with Gasteiger partial charge in [0.1, 0.15) is 18.2 Å². The van der Waals surface area contributed by atoms with Gasteiger partial charge in [0.2, 0.25) is 5.91 Å². The van der Waals surface area contributed by atoms with Crippen LogP contribution >= 0.6 is 0 Å². The fourth-order valence-corrected chi connectivity index (χ4v) is 2.14. The summed E-state index contributed by atoms with van der Waals surface area (Å²) >= 11 is 0. The Kier molecular flexibility index (Phi) is 5.97. The number of hydrogen-bond donors (Lipinski definition) is 1. The Labute approximate surface area is 125 Å². The normalized spacial score (nSPS) is 18.2. The molecule has 1 rings (SSSR count). The van der Waals surface area contributed by atoms with Gasteiger partial charge in [-0.2, -0.15) is 5.26 Å². The highest BCUT2D eigenvalue weighted by molar-refractivity contribution is 5.83. The average Bonchev–Trinajstić information content (AvgIpc) is 2.84. The Hall–Kier alpha value is -1.81. The Bertz CT molecular complexity index is 425. The summed E-state index contributed by atoms with van der Waals surface area (Å²) in [4.78, 5) is 26.9. The van der Waals surface area contributed by atoms with Crippen molar-refractivity contribution in [3.63, 3.8) is 0 Å². The molecule has 0 spiro atoms. The van der Waals surface area contributed by atoms with E-state index in [0.29, 0.717) is 13.0 Å². The molecule has 2 amide bonds. The Morgan fingerprint density at radius 3 is 2.67 bits per heavy atom. The molecule has 0 saturated carbocycles. The maximum absolute atomic E-state index is 12.2. The van der Waals surface area contributed by atoms with Crippen molar-refractivity contribution >= 4 is 12.0 Å². The van der Waals surface area contributed by atoms with Crippen molar-refractivity contribution < 1.29 is 19.4 Å². The topological polar surface area (TPSA) is 93.9 Å². The first kappa shape index (κ1) is 17.2. The molecule has 1 atom stereocenters. The first-order valence-corrected chi connectivity index (χ1v) is 7.06. The number of aliphatic hydroxyl groups is 1. The second-order valence-electron chi connectivity index (χ2n) is 6.00. The van der Waals surface area contributed by atoms with Crippen molar-refractivity contribution in [2.75, 3.05) is 26.2 Å². The number of hydrogen-bond acceptors (Lipinski definition) is 5. The lowest BCUT2D eigenvalue weighted by atomic mass is 10.2. The van der Waals surface area contributed by atoms with Crippen LogP contribution in [-0.4, -0.2) is 64.8 Å². The standard InChI is InChI=1S/C14H23N3O4/c1-14(2,3)21-13(20)16(7-8-18)10-12(19)17-6-4-5-11(17)9-15/h11,18H,4-8,10H2,1-3H3. The zero-order valence-electron chi connectivity index (χ0n) is 12.8. The summed E-state index contributed by atoms with van der Waals surface area (Å²) in [6.07, 6.45) is 0.808. The van der Waals surface area contributed by atoms with Gasteiger partial charge in [-0.1, -0.05) is 0 Å². The summed E-state index contributed by atoms with van der Waals surface area (Å²) in [7, 11) is 0. The van der Waals surface area contributed by atoms with E-state index in [-0.39, 0.29) is 25.6 Å². The summed E-state index contributed by atoms with van der Waals surface area (Å²) in [5, 5.41) is 18.0. The predicted molar refractivity (Wildman–Crippen MR) is 75.2 cm³/mol. The van der Waals surface area contributed by atoms with Gasteiger partial charge in [0.15, 0.2) is 0 Å². The molecule has 0 aromatic rings. The lowest BCUT2D eigenvalue weighted by Gasteiger charge is -2.28. The molecule has 0 aromatic heterocycles. The number of rotatable bonds is 4. The number of likely N-dealkylation sites (tertiary alicyclic amines) is 1. The first-order chi connectivity index (χ1) is 9.78. The molecule has 1 fully saturated rings. The van der Waals surface area contributed by atoms with E-state index >= 15 is 0 Å². The van der Waals surface area contributed by atoms with Crippen molar-refractivity contribution in [3.05, 3.63) is 0 Å². The number of carbonyl (C=O) groups is 2. The molecule has 7 nitrogen and oxygen atoms in total. The van der Waals surface area contributed by atoms with Crippen molar-refractivity contribution in [1.29, 1.82) is 5.26 Å². The van der Waals surface area contributed by atoms with Gasteiger partial charge in [-0.05, 0) is 33.6 Å². The van der Waals surface area contributed by atoms with Gasteiger partial charge in [0, 0.05) is 13.1 Å². The van der Waals surface area contributed by atoms with Crippen molar-refractivity contribution in [1.82, 2.24) is 9.80 Å². The summed E-state index contributed by atoms with van der Waals surface area (Å²) in [5.41, 5.74) is -0.670.